The summed E-state index contributed by atoms with van der Waals surface area (Å²) in [5, 5.41) is 4.15. The number of aromatic nitrogens is 4. The van der Waals surface area contributed by atoms with Gasteiger partial charge in [-0.05, 0) is 31.4 Å². The lowest BCUT2D eigenvalue weighted by Crippen LogP contribution is -2.41. The number of aromatic amines is 1. The Balaban J connectivity index is 1.67. The van der Waals surface area contributed by atoms with Crippen LogP contribution in [0.1, 0.15) is 30.0 Å². The number of carbonyl (C=O) groups is 1. The number of hydrogen-bond donors (Lipinski definition) is 1. The first-order valence-corrected chi connectivity index (χ1v) is 7.44. The second kappa shape index (κ2) is 6.13. The zero-order valence-electron chi connectivity index (χ0n) is 12.5. The van der Waals surface area contributed by atoms with Crippen molar-refractivity contribution in [2.45, 2.75) is 32.2 Å². The molecule has 1 amide bonds. The molecule has 1 aliphatic rings. The minimum absolute atomic E-state index is 0.0594. The van der Waals surface area contributed by atoms with E-state index in [2.05, 4.69) is 15.1 Å². The van der Waals surface area contributed by atoms with Gasteiger partial charge in [0.2, 0.25) is 5.91 Å². The molecule has 1 fully saturated rings. The minimum atomic E-state index is -0.340. The van der Waals surface area contributed by atoms with Crippen LogP contribution in [-0.4, -0.2) is 43.6 Å². The Kier molecular flexibility index (Phi) is 4.04. The number of hydrogen-bond acceptors (Lipinski definition) is 4. The number of aryl methyl sites for hydroxylation is 1. The van der Waals surface area contributed by atoms with E-state index in [4.69, 9.17) is 0 Å². The Labute approximate surface area is 128 Å². The molecule has 0 aromatic carbocycles. The van der Waals surface area contributed by atoms with E-state index in [0.717, 1.165) is 30.6 Å². The quantitative estimate of drug-likeness (QED) is 0.903. The Morgan fingerprint density at radius 2 is 2.36 bits per heavy atom. The van der Waals surface area contributed by atoms with E-state index in [-0.39, 0.29) is 24.1 Å². The van der Waals surface area contributed by atoms with Gasteiger partial charge >= 0.3 is 5.69 Å². The van der Waals surface area contributed by atoms with Gasteiger partial charge in [0.25, 0.3) is 0 Å². The highest BCUT2D eigenvalue weighted by atomic mass is 16.2. The summed E-state index contributed by atoms with van der Waals surface area (Å²) in [5.41, 5.74) is 1.55. The maximum atomic E-state index is 12.4. The van der Waals surface area contributed by atoms with Crippen LogP contribution in [0.5, 0.6) is 0 Å². The highest BCUT2D eigenvalue weighted by Gasteiger charge is 2.25. The van der Waals surface area contributed by atoms with E-state index in [1.807, 2.05) is 24.1 Å². The normalized spacial score (nSPS) is 18.4. The first kappa shape index (κ1) is 14.5. The van der Waals surface area contributed by atoms with Crippen LogP contribution in [0.25, 0.3) is 0 Å². The molecular formula is C15H19N5O2. The van der Waals surface area contributed by atoms with Gasteiger partial charge in [0, 0.05) is 37.1 Å². The summed E-state index contributed by atoms with van der Waals surface area (Å²) >= 11 is 0. The van der Waals surface area contributed by atoms with E-state index >= 15 is 0 Å². The van der Waals surface area contributed by atoms with Crippen molar-refractivity contribution in [3.63, 3.8) is 0 Å². The smallest absolute Gasteiger partial charge is 0.340 e. The highest BCUT2D eigenvalue weighted by molar-refractivity contribution is 5.76. The average molecular weight is 301 g/mol. The topological polar surface area (TPSA) is 83.9 Å². The average Bonchev–Trinajstić information content (AvgIpc) is 2.92. The summed E-state index contributed by atoms with van der Waals surface area (Å²) in [6.45, 7) is 3.59. The molecule has 22 heavy (non-hydrogen) atoms. The molecule has 3 heterocycles. The van der Waals surface area contributed by atoms with Crippen molar-refractivity contribution in [2.75, 3.05) is 13.1 Å². The lowest BCUT2D eigenvalue weighted by Gasteiger charge is -2.32. The van der Waals surface area contributed by atoms with Crippen LogP contribution < -0.4 is 5.69 Å². The van der Waals surface area contributed by atoms with Crippen molar-refractivity contribution < 1.29 is 4.79 Å². The number of H-pyrrole nitrogens is 1. The monoisotopic (exact) mass is 301 g/mol. The third-order valence-corrected chi connectivity index (χ3v) is 3.97. The first-order chi connectivity index (χ1) is 10.6. The fourth-order valence-electron chi connectivity index (χ4n) is 2.87. The van der Waals surface area contributed by atoms with Crippen LogP contribution in [0.3, 0.4) is 0 Å². The number of piperidine rings is 1. The molecule has 0 saturated carbocycles. The molecule has 1 saturated heterocycles. The standard InChI is InChI=1S/C15H19N5O2/c1-11-7-17-20(8-11)10-14(21)19-6-2-3-12(9-19)13-4-5-16-15(22)18-13/h4-5,7-8,12H,2-3,6,9-10H2,1H3,(H,16,18,22)/t12-/m1/s1. The van der Waals surface area contributed by atoms with Crippen molar-refractivity contribution in [3.8, 4) is 0 Å². The molecule has 116 valence electrons. The van der Waals surface area contributed by atoms with E-state index in [9.17, 15) is 9.59 Å². The molecule has 2 aromatic rings. The molecule has 0 aliphatic carbocycles. The molecule has 1 N–H and O–H groups in total. The van der Waals surface area contributed by atoms with Crippen molar-refractivity contribution in [3.05, 3.63) is 46.4 Å². The summed E-state index contributed by atoms with van der Waals surface area (Å²) in [4.78, 5) is 32.0. The number of likely N-dealkylation sites (tertiary alicyclic amines) is 1. The van der Waals surface area contributed by atoms with Crippen LogP contribution in [0.2, 0.25) is 0 Å². The van der Waals surface area contributed by atoms with Crippen LogP contribution >= 0.6 is 0 Å². The number of rotatable bonds is 3. The second-order valence-electron chi connectivity index (χ2n) is 5.72. The maximum Gasteiger partial charge on any atom is 0.345 e. The largest absolute Gasteiger partial charge is 0.345 e. The molecule has 1 aliphatic heterocycles. The predicted molar refractivity (Wildman–Crippen MR) is 80.4 cm³/mol. The van der Waals surface area contributed by atoms with Gasteiger partial charge in [-0.1, -0.05) is 0 Å². The van der Waals surface area contributed by atoms with Crippen molar-refractivity contribution in [2.24, 2.45) is 0 Å². The van der Waals surface area contributed by atoms with Crippen LogP contribution in [0.4, 0.5) is 0 Å². The number of amides is 1. The van der Waals surface area contributed by atoms with E-state index in [0.29, 0.717) is 6.54 Å². The van der Waals surface area contributed by atoms with E-state index in [1.54, 1.807) is 10.9 Å². The lowest BCUT2D eigenvalue weighted by atomic mass is 9.94. The fraction of sp³-hybridized carbons (Fsp3) is 0.467. The first-order valence-electron chi connectivity index (χ1n) is 7.44. The van der Waals surface area contributed by atoms with Gasteiger partial charge < -0.3 is 9.88 Å². The number of carbonyl (C=O) groups excluding carboxylic acids is 1. The van der Waals surface area contributed by atoms with Gasteiger partial charge in [0.15, 0.2) is 0 Å². The van der Waals surface area contributed by atoms with Crippen LogP contribution in [-0.2, 0) is 11.3 Å². The van der Waals surface area contributed by atoms with Crippen molar-refractivity contribution >= 4 is 5.91 Å². The molecule has 7 heteroatoms. The molecule has 7 nitrogen and oxygen atoms in total. The van der Waals surface area contributed by atoms with Gasteiger partial charge in [-0.15, -0.1) is 0 Å². The maximum absolute atomic E-state index is 12.4. The summed E-state index contributed by atoms with van der Waals surface area (Å²) < 4.78 is 1.66. The van der Waals surface area contributed by atoms with Crippen molar-refractivity contribution in [1.29, 1.82) is 0 Å². The Hall–Kier alpha value is -2.44. The Morgan fingerprint density at radius 1 is 1.50 bits per heavy atom. The van der Waals surface area contributed by atoms with Gasteiger partial charge in [-0.25, -0.2) is 9.78 Å². The molecule has 0 bridgehead atoms. The zero-order chi connectivity index (χ0) is 15.5. The third-order valence-electron chi connectivity index (χ3n) is 3.97. The van der Waals surface area contributed by atoms with Crippen LogP contribution in [0.15, 0.2) is 29.5 Å². The molecule has 0 radical (unpaired) electrons. The summed E-state index contributed by atoms with van der Waals surface area (Å²) in [6.07, 6.45) is 7.01. The van der Waals surface area contributed by atoms with E-state index in [1.165, 1.54) is 6.20 Å². The Morgan fingerprint density at radius 3 is 3.09 bits per heavy atom. The molecule has 1 atom stereocenters. The molecule has 2 aromatic heterocycles. The SMILES string of the molecule is Cc1cnn(CC(=O)N2CCC[C@@H](c3ccnc(=O)[nH]3)C2)c1. The molecule has 0 unspecified atom stereocenters. The fourth-order valence-corrected chi connectivity index (χ4v) is 2.87. The summed E-state index contributed by atoms with van der Waals surface area (Å²) in [5.74, 6) is 0.219. The van der Waals surface area contributed by atoms with Gasteiger partial charge in [-0.2, -0.15) is 5.10 Å². The van der Waals surface area contributed by atoms with Gasteiger partial charge in [0.1, 0.15) is 6.54 Å². The second-order valence-corrected chi connectivity index (χ2v) is 5.72. The predicted octanol–water partition coefficient (Wildman–Crippen LogP) is 0.681. The van der Waals surface area contributed by atoms with E-state index < -0.39 is 0 Å². The van der Waals surface area contributed by atoms with Gasteiger partial charge in [-0.3, -0.25) is 9.48 Å². The lowest BCUT2D eigenvalue weighted by molar-refractivity contribution is -0.133. The summed E-state index contributed by atoms with van der Waals surface area (Å²) in [6, 6.07) is 1.82. The molecular weight excluding hydrogens is 282 g/mol. The Bertz CT molecular complexity index is 720. The molecule has 3 rings (SSSR count). The minimum Gasteiger partial charge on any atom is -0.340 e. The summed E-state index contributed by atoms with van der Waals surface area (Å²) in [7, 11) is 0. The number of nitrogens with one attached hydrogen (secondary N) is 1. The zero-order valence-corrected chi connectivity index (χ0v) is 12.5. The number of nitrogens with zero attached hydrogens (tertiary/aromatic N) is 4. The molecule has 0 spiro atoms. The van der Waals surface area contributed by atoms with Crippen molar-refractivity contribution in [1.82, 2.24) is 24.6 Å². The van der Waals surface area contributed by atoms with Gasteiger partial charge in [0.05, 0.1) is 6.20 Å². The third kappa shape index (κ3) is 3.24. The highest BCUT2D eigenvalue weighted by Crippen LogP contribution is 2.24. The van der Waals surface area contributed by atoms with Crippen LogP contribution in [0, 0.1) is 6.92 Å².